The lowest BCUT2D eigenvalue weighted by Crippen LogP contribution is -2.33. The summed E-state index contributed by atoms with van der Waals surface area (Å²) >= 11 is 4.89. The molecule has 29 heavy (non-hydrogen) atoms. The van der Waals surface area contributed by atoms with E-state index in [1.807, 2.05) is 0 Å². The molecule has 12 heteroatoms. The number of nitrogens with one attached hydrogen (secondary N) is 1. The van der Waals surface area contributed by atoms with Gasteiger partial charge in [-0.1, -0.05) is 12.2 Å². The smallest absolute Gasteiger partial charge is 0.414 e. The average Bonchev–Trinajstić information content (AvgIpc) is 3.15. The summed E-state index contributed by atoms with van der Waals surface area (Å²) in [5, 5.41) is 11.7. The number of carboxylic acid groups (broad SMARTS) is 1. The van der Waals surface area contributed by atoms with Crippen LogP contribution in [0.2, 0.25) is 0 Å². The standard InChI is InChI=1S/C17H18F2N4O5S/c1-9(29)20-4-11-5-23(17(27)28-11)10-2-12(18)16(13(19)3-10)22-6-14(24)21(8-22)7-15(25)26/h2-3,11H,4-8H2,1H3,(H,20,29)(H,25,26)/t11-/m0/s1. The molecular formula is C17H18F2N4O5S. The molecule has 0 saturated carbocycles. The first-order chi connectivity index (χ1) is 13.7. The molecule has 2 amide bonds. The van der Waals surface area contributed by atoms with Crippen LogP contribution in [0.4, 0.5) is 25.0 Å². The summed E-state index contributed by atoms with van der Waals surface area (Å²) in [6.07, 6.45) is -1.28. The molecule has 2 aliphatic heterocycles. The van der Waals surface area contributed by atoms with Crippen molar-refractivity contribution in [2.24, 2.45) is 0 Å². The molecule has 0 aliphatic carbocycles. The van der Waals surface area contributed by atoms with Gasteiger partial charge < -0.3 is 25.0 Å². The Kier molecular flexibility index (Phi) is 5.82. The lowest BCUT2D eigenvalue weighted by molar-refractivity contribution is -0.142. The maximum absolute atomic E-state index is 14.7. The Balaban J connectivity index is 1.76. The molecule has 1 aromatic rings. The number of carboxylic acids is 1. The molecule has 0 bridgehead atoms. The normalized spacial score (nSPS) is 19.0. The molecule has 0 radical (unpaired) electrons. The number of carbonyl (C=O) groups excluding carboxylic acids is 2. The van der Waals surface area contributed by atoms with Gasteiger partial charge in [-0.25, -0.2) is 13.6 Å². The maximum atomic E-state index is 14.7. The van der Waals surface area contributed by atoms with E-state index in [1.54, 1.807) is 6.92 Å². The molecule has 0 aromatic heterocycles. The van der Waals surface area contributed by atoms with E-state index in [1.165, 1.54) is 0 Å². The number of carbonyl (C=O) groups is 3. The lowest BCUT2D eigenvalue weighted by atomic mass is 10.2. The van der Waals surface area contributed by atoms with E-state index in [0.717, 1.165) is 26.8 Å². The van der Waals surface area contributed by atoms with E-state index in [-0.39, 0.29) is 32.0 Å². The number of nitrogens with zero attached hydrogens (tertiary/aromatic N) is 3. The number of amides is 2. The molecule has 156 valence electrons. The van der Waals surface area contributed by atoms with Gasteiger partial charge in [-0.05, 0) is 6.92 Å². The highest BCUT2D eigenvalue weighted by Crippen LogP contribution is 2.32. The summed E-state index contributed by atoms with van der Waals surface area (Å²) in [7, 11) is 0. The Labute approximate surface area is 169 Å². The van der Waals surface area contributed by atoms with Crippen molar-refractivity contribution < 1.29 is 33.0 Å². The second-order valence-electron chi connectivity index (χ2n) is 6.64. The van der Waals surface area contributed by atoms with Crippen molar-refractivity contribution in [3.63, 3.8) is 0 Å². The Bertz CT molecular complexity index is 860. The minimum absolute atomic E-state index is 0.0248. The first kappa shape index (κ1) is 20.7. The van der Waals surface area contributed by atoms with Crippen LogP contribution in [0.1, 0.15) is 6.92 Å². The highest BCUT2D eigenvalue weighted by molar-refractivity contribution is 7.80. The van der Waals surface area contributed by atoms with Crippen LogP contribution in [0.15, 0.2) is 12.1 Å². The topological polar surface area (TPSA) is 102 Å². The summed E-state index contributed by atoms with van der Waals surface area (Å²) in [5.41, 5.74) is -0.486. The van der Waals surface area contributed by atoms with E-state index in [4.69, 9.17) is 22.1 Å². The fourth-order valence-corrected chi connectivity index (χ4v) is 3.24. The van der Waals surface area contributed by atoms with Gasteiger partial charge in [0.25, 0.3) is 0 Å². The van der Waals surface area contributed by atoms with Crippen LogP contribution in [-0.2, 0) is 14.3 Å². The third kappa shape index (κ3) is 4.53. The number of halogens is 2. The molecule has 3 rings (SSSR count). The minimum atomic E-state index is -1.23. The van der Waals surface area contributed by atoms with Crippen molar-refractivity contribution in [1.82, 2.24) is 10.2 Å². The highest BCUT2D eigenvalue weighted by atomic mass is 32.1. The lowest BCUT2D eigenvalue weighted by Gasteiger charge is -2.21. The van der Waals surface area contributed by atoms with E-state index in [9.17, 15) is 23.2 Å². The van der Waals surface area contributed by atoms with Crippen molar-refractivity contribution in [2.45, 2.75) is 13.0 Å². The molecule has 0 spiro atoms. The van der Waals surface area contributed by atoms with Crippen molar-refractivity contribution in [2.75, 3.05) is 42.6 Å². The molecule has 2 aliphatic rings. The number of thiocarbonyl (C=S) groups is 1. The summed E-state index contributed by atoms with van der Waals surface area (Å²) in [6.45, 7) is 0.865. The van der Waals surface area contributed by atoms with Gasteiger partial charge in [0, 0.05) is 12.1 Å². The van der Waals surface area contributed by atoms with Gasteiger partial charge in [0.15, 0.2) is 11.6 Å². The van der Waals surface area contributed by atoms with Gasteiger partial charge in [0.05, 0.1) is 37.0 Å². The van der Waals surface area contributed by atoms with Gasteiger partial charge in [-0.3, -0.25) is 14.5 Å². The number of rotatable bonds is 6. The molecule has 9 nitrogen and oxygen atoms in total. The Hall–Kier alpha value is -3.02. The molecule has 2 heterocycles. The third-order valence-electron chi connectivity index (χ3n) is 4.43. The number of hydrogen-bond acceptors (Lipinski definition) is 6. The number of hydrogen-bond donors (Lipinski definition) is 2. The van der Waals surface area contributed by atoms with Crippen LogP contribution in [0.3, 0.4) is 0 Å². The average molecular weight is 428 g/mol. The summed E-state index contributed by atoms with van der Waals surface area (Å²) in [4.78, 5) is 38.4. The summed E-state index contributed by atoms with van der Waals surface area (Å²) in [6, 6.07) is 1.95. The predicted molar refractivity (Wildman–Crippen MR) is 102 cm³/mol. The molecule has 2 N–H and O–H groups in total. The number of cyclic esters (lactones) is 1. The van der Waals surface area contributed by atoms with Crippen LogP contribution >= 0.6 is 12.2 Å². The Morgan fingerprint density at radius 1 is 1.34 bits per heavy atom. The van der Waals surface area contributed by atoms with Crippen molar-refractivity contribution in [1.29, 1.82) is 0 Å². The fraction of sp³-hybridized carbons (Fsp3) is 0.412. The van der Waals surface area contributed by atoms with Crippen LogP contribution in [0.5, 0.6) is 0 Å². The first-order valence-corrected chi connectivity index (χ1v) is 9.02. The zero-order valence-corrected chi connectivity index (χ0v) is 16.2. The zero-order valence-electron chi connectivity index (χ0n) is 15.4. The molecule has 1 aromatic carbocycles. The second-order valence-corrected chi connectivity index (χ2v) is 7.25. The van der Waals surface area contributed by atoms with Gasteiger partial charge in [0.2, 0.25) is 5.91 Å². The van der Waals surface area contributed by atoms with E-state index >= 15 is 0 Å². The maximum Gasteiger partial charge on any atom is 0.414 e. The minimum Gasteiger partial charge on any atom is -0.480 e. The van der Waals surface area contributed by atoms with Crippen molar-refractivity contribution in [3.8, 4) is 0 Å². The summed E-state index contributed by atoms with van der Waals surface area (Å²) in [5.74, 6) is -3.73. The SMILES string of the molecule is CC(=S)NC[C@H]1CN(c2cc(F)c(N3CC(=O)N(CC(=O)O)C3)c(F)c2)C(=O)O1. The van der Waals surface area contributed by atoms with Crippen LogP contribution in [-0.4, -0.2) is 71.9 Å². The Morgan fingerprint density at radius 3 is 2.59 bits per heavy atom. The van der Waals surface area contributed by atoms with Crippen molar-refractivity contribution >= 4 is 46.6 Å². The number of anilines is 2. The predicted octanol–water partition coefficient (Wildman–Crippen LogP) is 0.918. The fourth-order valence-electron chi connectivity index (χ4n) is 3.16. The Morgan fingerprint density at radius 2 is 2.00 bits per heavy atom. The van der Waals surface area contributed by atoms with Crippen LogP contribution in [0.25, 0.3) is 0 Å². The number of ether oxygens (including phenoxy) is 1. The van der Waals surface area contributed by atoms with Gasteiger partial charge in [-0.15, -0.1) is 0 Å². The number of aliphatic carboxylic acids is 1. The quantitative estimate of drug-likeness (QED) is 0.645. The van der Waals surface area contributed by atoms with E-state index in [0.29, 0.717) is 4.99 Å². The van der Waals surface area contributed by atoms with Crippen LogP contribution in [0, 0.1) is 11.6 Å². The van der Waals surface area contributed by atoms with E-state index < -0.39 is 47.9 Å². The van der Waals surface area contributed by atoms with Crippen molar-refractivity contribution in [3.05, 3.63) is 23.8 Å². The first-order valence-electron chi connectivity index (χ1n) is 8.62. The van der Waals surface area contributed by atoms with Gasteiger partial charge in [-0.2, -0.15) is 0 Å². The largest absolute Gasteiger partial charge is 0.480 e. The monoisotopic (exact) mass is 428 g/mol. The molecule has 2 saturated heterocycles. The second kappa shape index (κ2) is 8.15. The molecular weight excluding hydrogens is 410 g/mol. The highest BCUT2D eigenvalue weighted by Gasteiger charge is 2.35. The summed E-state index contributed by atoms with van der Waals surface area (Å²) < 4.78 is 34.5. The third-order valence-corrected chi connectivity index (χ3v) is 4.57. The zero-order chi connectivity index (χ0) is 21.3. The van der Waals surface area contributed by atoms with Gasteiger partial charge in [0.1, 0.15) is 18.3 Å². The van der Waals surface area contributed by atoms with Gasteiger partial charge >= 0.3 is 12.1 Å². The van der Waals surface area contributed by atoms with E-state index in [2.05, 4.69) is 5.32 Å². The number of benzene rings is 1. The van der Waals surface area contributed by atoms with Crippen LogP contribution < -0.4 is 15.1 Å². The molecule has 0 unspecified atom stereocenters. The molecule has 1 atom stereocenters. The molecule has 2 fully saturated rings.